The van der Waals surface area contributed by atoms with Crippen molar-refractivity contribution in [3.05, 3.63) is 53.6 Å². The fourth-order valence-corrected chi connectivity index (χ4v) is 4.34. The molecule has 30 heavy (non-hydrogen) atoms. The molecule has 0 aliphatic carbocycles. The highest BCUT2D eigenvalue weighted by molar-refractivity contribution is 7.89. The lowest BCUT2D eigenvalue weighted by Crippen LogP contribution is -2.32. The number of rotatable bonds is 10. The highest BCUT2D eigenvalue weighted by Gasteiger charge is 2.22. The molecule has 3 rings (SSSR count). The molecule has 0 unspecified atom stereocenters. The number of benzene rings is 2. The molecular formula is C21H26N2O6S. The monoisotopic (exact) mass is 434 g/mol. The predicted molar refractivity (Wildman–Crippen MR) is 113 cm³/mol. The van der Waals surface area contributed by atoms with Gasteiger partial charge >= 0.3 is 5.97 Å². The lowest BCUT2D eigenvalue weighted by molar-refractivity contribution is 0.0697. The summed E-state index contributed by atoms with van der Waals surface area (Å²) in [6.45, 7) is 1.30. The van der Waals surface area contributed by atoms with Gasteiger partial charge in [0.15, 0.2) is 0 Å². The Morgan fingerprint density at radius 2 is 2.00 bits per heavy atom. The fourth-order valence-electron chi connectivity index (χ4n) is 3.25. The Balaban J connectivity index is 1.65. The molecule has 3 N–H and O–H groups in total. The summed E-state index contributed by atoms with van der Waals surface area (Å²) in [6, 6.07) is 11.7. The first-order valence-corrected chi connectivity index (χ1v) is 11.2. The van der Waals surface area contributed by atoms with Crippen molar-refractivity contribution in [1.29, 1.82) is 0 Å². The van der Waals surface area contributed by atoms with Gasteiger partial charge < -0.3 is 19.9 Å². The van der Waals surface area contributed by atoms with Crippen LogP contribution < -0.4 is 14.8 Å². The predicted octanol–water partition coefficient (Wildman–Crippen LogP) is 2.51. The molecule has 1 heterocycles. The molecule has 0 spiro atoms. The van der Waals surface area contributed by atoms with Crippen molar-refractivity contribution in [2.24, 2.45) is 0 Å². The third-order valence-electron chi connectivity index (χ3n) is 4.94. The third-order valence-corrected chi connectivity index (χ3v) is 6.37. The molecular weight excluding hydrogens is 408 g/mol. The number of anilines is 1. The molecule has 2 aromatic carbocycles. The van der Waals surface area contributed by atoms with Crippen LogP contribution in [0.25, 0.3) is 0 Å². The Morgan fingerprint density at radius 1 is 1.23 bits per heavy atom. The van der Waals surface area contributed by atoms with Gasteiger partial charge in [0.2, 0.25) is 10.0 Å². The molecule has 0 amide bonds. The Hall–Kier alpha value is -2.62. The number of hydrogen-bond donors (Lipinski definition) is 3. The summed E-state index contributed by atoms with van der Waals surface area (Å²) in [5, 5.41) is 12.6. The second kappa shape index (κ2) is 9.92. The maximum absolute atomic E-state index is 12.5. The molecule has 8 nitrogen and oxygen atoms in total. The number of hydrogen-bond acceptors (Lipinski definition) is 6. The molecule has 1 atom stereocenters. The van der Waals surface area contributed by atoms with Gasteiger partial charge in [0.25, 0.3) is 0 Å². The number of carboxylic acid groups (broad SMARTS) is 1. The van der Waals surface area contributed by atoms with Crippen molar-refractivity contribution >= 4 is 21.7 Å². The summed E-state index contributed by atoms with van der Waals surface area (Å²) in [5.41, 5.74) is 1.34. The van der Waals surface area contributed by atoms with Crippen molar-refractivity contribution in [1.82, 2.24) is 4.72 Å². The van der Waals surface area contributed by atoms with Crippen molar-refractivity contribution in [3.63, 3.8) is 0 Å². The molecule has 0 bridgehead atoms. The third kappa shape index (κ3) is 5.71. The largest absolute Gasteiger partial charge is 0.497 e. The molecule has 1 aliphatic rings. The number of carboxylic acids is 1. The van der Waals surface area contributed by atoms with Gasteiger partial charge in [-0.1, -0.05) is 12.1 Å². The second-order valence-corrected chi connectivity index (χ2v) is 8.79. The van der Waals surface area contributed by atoms with Gasteiger partial charge in [-0.15, -0.1) is 0 Å². The molecule has 1 fully saturated rings. The topological polar surface area (TPSA) is 114 Å². The lowest BCUT2D eigenvalue weighted by atomic mass is 10.1. The molecule has 0 radical (unpaired) electrons. The van der Waals surface area contributed by atoms with Crippen LogP contribution in [-0.4, -0.2) is 52.4 Å². The van der Waals surface area contributed by atoms with E-state index in [0.717, 1.165) is 24.2 Å². The van der Waals surface area contributed by atoms with Crippen molar-refractivity contribution in [2.45, 2.75) is 30.3 Å². The van der Waals surface area contributed by atoms with Crippen LogP contribution in [-0.2, 0) is 21.2 Å². The summed E-state index contributed by atoms with van der Waals surface area (Å²) in [6.07, 6.45) is 2.25. The van der Waals surface area contributed by atoms with Gasteiger partial charge in [-0.3, -0.25) is 0 Å². The van der Waals surface area contributed by atoms with Gasteiger partial charge in [0.1, 0.15) is 5.75 Å². The van der Waals surface area contributed by atoms with E-state index >= 15 is 0 Å². The van der Waals surface area contributed by atoms with E-state index in [9.17, 15) is 18.3 Å². The lowest BCUT2D eigenvalue weighted by Gasteiger charge is -2.14. The molecule has 2 aromatic rings. The number of sulfonamides is 1. The van der Waals surface area contributed by atoms with E-state index in [1.54, 1.807) is 7.11 Å². The van der Waals surface area contributed by atoms with Crippen LogP contribution in [0.2, 0.25) is 0 Å². The average molecular weight is 435 g/mol. The summed E-state index contributed by atoms with van der Waals surface area (Å²) in [7, 11) is -2.22. The van der Waals surface area contributed by atoms with E-state index in [2.05, 4.69) is 10.0 Å². The minimum absolute atomic E-state index is 0.0846. The molecule has 1 saturated heterocycles. The standard InChI is InChI=1S/C21H26N2O6S/c1-28-16-6-4-15(5-7-16)10-11-22-20-9-8-18(13-19(20)21(24)25)30(26,27)23-14-17-3-2-12-29-17/h4-9,13,17,22-23H,2-3,10-12,14H2,1H3,(H,24,25)/t17-/m1/s1. The van der Waals surface area contributed by atoms with Crippen molar-refractivity contribution in [3.8, 4) is 5.75 Å². The van der Waals surface area contributed by atoms with Crippen LogP contribution in [0.1, 0.15) is 28.8 Å². The number of ether oxygens (including phenoxy) is 2. The molecule has 0 saturated carbocycles. The van der Waals surface area contributed by atoms with E-state index in [0.29, 0.717) is 25.3 Å². The summed E-state index contributed by atoms with van der Waals surface area (Å²) >= 11 is 0. The minimum Gasteiger partial charge on any atom is -0.497 e. The highest BCUT2D eigenvalue weighted by atomic mass is 32.2. The van der Waals surface area contributed by atoms with Crippen LogP contribution in [0.4, 0.5) is 5.69 Å². The van der Waals surface area contributed by atoms with E-state index in [1.165, 1.54) is 18.2 Å². The van der Waals surface area contributed by atoms with E-state index < -0.39 is 16.0 Å². The van der Waals surface area contributed by atoms with Crippen molar-refractivity contribution in [2.75, 3.05) is 32.1 Å². The first-order chi connectivity index (χ1) is 14.4. The minimum atomic E-state index is -3.82. The molecule has 1 aliphatic heterocycles. The number of methoxy groups -OCH3 is 1. The van der Waals surface area contributed by atoms with E-state index in [1.807, 2.05) is 24.3 Å². The van der Waals surface area contributed by atoms with Gasteiger partial charge in [-0.2, -0.15) is 0 Å². The fraction of sp³-hybridized carbons (Fsp3) is 0.381. The molecule has 0 aromatic heterocycles. The highest BCUT2D eigenvalue weighted by Crippen LogP contribution is 2.22. The van der Waals surface area contributed by atoms with Crippen LogP contribution in [0.15, 0.2) is 47.4 Å². The Kier molecular flexibility index (Phi) is 7.30. The Labute approximate surface area is 176 Å². The van der Waals surface area contributed by atoms with Crippen molar-refractivity contribution < 1.29 is 27.8 Å². The van der Waals surface area contributed by atoms with Crippen LogP contribution in [0.5, 0.6) is 5.75 Å². The van der Waals surface area contributed by atoms with Crippen LogP contribution in [0.3, 0.4) is 0 Å². The molecule has 162 valence electrons. The van der Waals surface area contributed by atoms with Gasteiger partial charge in [-0.25, -0.2) is 17.9 Å². The van der Waals surface area contributed by atoms with Gasteiger partial charge in [0, 0.05) is 25.4 Å². The number of aromatic carboxylic acids is 1. The van der Waals surface area contributed by atoms with Gasteiger partial charge in [0.05, 0.1) is 23.7 Å². The van der Waals surface area contributed by atoms with E-state index in [-0.39, 0.29) is 23.1 Å². The summed E-state index contributed by atoms with van der Waals surface area (Å²) < 4.78 is 38.1. The average Bonchev–Trinajstić information content (AvgIpc) is 3.26. The quantitative estimate of drug-likeness (QED) is 0.526. The summed E-state index contributed by atoms with van der Waals surface area (Å²) in [5.74, 6) is -0.428. The van der Waals surface area contributed by atoms with Crippen LogP contribution in [0, 0.1) is 0 Å². The first-order valence-electron chi connectivity index (χ1n) is 9.74. The Bertz CT molecular complexity index is 969. The maximum Gasteiger partial charge on any atom is 0.337 e. The SMILES string of the molecule is COc1ccc(CCNc2ccc(S(=O)(=O)NC[C@H]3CCCO3)cc2C(=O)O)cc1. The first kappa shape index (κ1) is 22.1. The number of carbonyl (C=O) groups is 1. The number of nitrogens with one attached hydrogen (secondary N) is 2. The Morgan fingerprint density at radius 3 is 2.63 bits per heavy atom. The zero-order chi connectivity index (χ0) is 21.6. The maximum atomic E-state index is 12.5. The van der Waals surface area contributed by atoms with Crippen LogP contribution >= 0.6 is 0 Å². The second-order valence-electron chi connectivity index (χ2n) is 7.02. The summed E-state index contributed by atoms with van der Waals surface area (Å²) in [4.78, 5) is 11.6. The van der Waals surface area contributed by atoms with E-state index in [4.69, 9.17) is 9.47 Å². The van der Waals surface area contributed by atoms with Gasteiger partial charge in [-0.05, 0) is 55.2 Å². The zero-order valence-corrected chi connectivity index (χ0v) is 17.6. The normalized spacial score (nSPS) is 16.4. The zero-order valence-electron chi connectivity index (χ0n) is 16.8. The molecule has 9 heteroatoms. The smallest absolute Gasteiger partial charge is 0.337 e.